The highest BCUT2D eigenvalue weighted by Gasteiger charge is 2.21. The number of carbonyl (C=O) groups excluding carboxylic acids is 2. The van der Waals surface area contributed by atoms with E-state index in [1.165, 1.54) is 0 Å². The highest BCUT2D eigenvalue weighted by molar-refractivity contribution is 6.37. The van der Waals surface area contributed by atoms with Gasteiger partial charge in [-0.1, -0.05) is 48.5 Å². The zero-order valence-corrected chi connectivity index (χ0v) is 15.0. The molecule has 7 nitrogen and oxygen atoms in total. The van der Waals surface area contributed by atoms with Crippen LogP contribution in [0.15, 0.2) is 72.0 Å². The van der Waals surface area contributed by atoms with Gasteiger partial charge < -0.3 is 4.74 Å². The number of amides is 1. The molecule has 0 saturated carbocycles. The molecule has 4 rings (SSSR count). The Morgan fingerprint density at radius 2 is 1.75 bits per heavy atom. The number of hydrazone groups is 1. The Bertz CT molecular complexity index is 1030. The van der Waals surface area contributed by atoms with E-state index in [1.807, 2.05) is 66.9 Å². The average Bonchev–Trinajstić information content (AvgIpc) is 3.18. The molecule has 2 heterocycles. The van der Waals surface area contributed by atoms with E-state index in [2.05, 4.69) is 15.6 Å². The molecule has 7 heteroatoms. The van der Waals surface area contributed by atoms with Gasteiger partial charge in [0.15, 0.2) is 0 Å². The Labute approximate surface area is 161 Å². The van der Waals surface area contributed by atoms with Crippen molar-refractivity contribution in [1.82, 2.24) is 15.2 Å². The number of carbonyl (C=O) groups is 2. The molecule has 1 aromatic heterocycles. The fourth-order valence-electron chi connectivity index (χ4n) is 2.92. The zero-order valence-electron chi connectivity index (χ0n) is 15.0. The Morgan fingerprint density at radius 1 is 1.04 bits per heavy atom. The monoisotopic (exact) mass is 374 g/mol. The van der Waals surface area contributed by atoms with Crippen LogP contribution in [0, 0.1) is 0 Å². The van der Waals surface area contributed by atoms with Gasteiger partial charge >= 0.3 is 5.97 Å². The first-order valence-corrected chi connectivity index (χ1v) is 8.92. The first kappa shape index (κ1) is 17.7. The second-order valence-electron chi connectivity index (χ2n) is 6.32. The average molecular weight is 374 g/mol. The maximum Gasteiger partial charge on any atom is 0.354 e. The Kier molecular flexibility index (Phi) is 4.97. The number of rotatable bonds is 5. The molecule has 140 valence electrons. The predicted octanol–water partition coefficient (Wildman–Crippen LogP) is 2.85. The van der Waals surface area contributed by atoms with Gasteiger partial charge in [0.2, 0.25) is 5.91 Å². The number of esters is 1. The van der Waals surface area contributed by atoms with Crippen molar-refractivity contribution in [3.8, 4) is 16.9 Å². The zero-order chi connectivity index (χ0) is 19.3. The van der Waals surface area contributed by atoms with Crippen LogP contribution in [0.25, 0.3) is 16.9 Å². The minimum Gasteiger partial charge on any atom is -0.456 e. The van der Waals surface area contributed by atoms with Gasteiger partial charge in [0.25, 0.3) is 0 Å². The molecule has 28 heavy (non-hydrogen) atoms. The first-order valence-electron chi connectivity index (χ1n) is 8.92. The fraction of sp³-hybridized carbons (Fsp3) is 0.143. The van der Waals surface area contributed by atoms with Crippen LogP contribution in [0.2, 0.25) is 0 Å². The smallest absolute Gasteiger partial charge is 0.354 e. The normalized spacial score (nSPS) is 13.6. The Hall–Kier alpha value is -3.74. The highest BCUT2D eigenvalue weighted by Crippen LogP contribution is 2.24. The maximum atomic E-state index is 12.3. The van der Waals surface area contributed by atoms with Crippen LogP contribution in [0.5, 0.6) is 0 Å². The number of aromatic nitrogens is 2. The second-order valence-corrected chi connectivity index (χ2v) is 6.32. The minimum absolute atomic E-state index is 0.0584. The van der Waals surface area contributed by atoms with E-state index in [-0.39, 0.29) is 31.1 Å². The third kappa shape index (κ3) is 3.83. The van der Waals surface area contributed by atoms with Gasteiger partial charge in [-0.2, -0.15) is 10.2 Å². The van der Waals surface area contributed by atoms with E-state index >= 15 is 0 Å². The molecule has 1 aliphatic heterocycles. The molecule has 0 atom stereocenters. The molecule has 1 aliphatic rings. The van der Waals surface area contributed by atoms with Gasteiger partial charge in [-0.3, -0.25) is 4.79 Å². The summed E-state index contributed by atoms with van der Waals surface area (Å²) in [4.78, 5) is 23.4. The molecule has 0 unspecified atom stereocenters. The second kappa shape index (κ2) is 7.87. The summed E-state index contributed by atoms with van der Waals surface area (Å²) in [5.74, 6) is -0.737. The molecule has 3 aromatic rings. The number of para-hydroxylation sites is 1. The van der Waals surface area contributed by atoms with E-state index in [0.29, 0.717) is 0 Å². The molecule has 1 amide bonds. The Morgan fingerprint density at radius 3 is 2.43 bits per heavy atom. The number of nitrogens with one attached hydrogen (secondary N) is 1. The van der Waals surface area contributed by atoms with Gasteiger partial charge in [0.05, 0.1) is 11.4 Å². The van der Waals surface area contributed by atoms with Crippen LogP contribution in [0.4, 0.5) is 0 Å². The topological polar surface area (TPSA) is 85.6 Å². The molecule has 2 aromatic carbocycles. The molecular weight excluding hydrogens is 356 g/mol. The van der Waals surface area contributed by atoms with Crippen molar-refractivity contribution in [2.75, 3.05) is 0 Å². The number of nitrogens with zero attached hydrogens (tertiary/aromatic N) is 3. The largest absolute Gasteiger partial charge is 0.456 e. The lowest BCUT2D eigenvalue weighted by molar-refractivity contribution is -0.137. The number of ether oxygens (including phenoxy) is 1. The van der Waals surface area contributed by atoms with Crippen molar-refractivity contribution in [2.45, 2.75) is 19.4 Å². The Balaban J connectivity index is 1.59. The van der Waals surface area contributed by atoms with E-state index in [4.69, 9.17) is 4.74 Å². The number of hydrogen-bond acceptors (Lipinski definition) is 5. The van der Waals surface area contributed by atoms with Crippen molar-refractivity contribution in [3.63, 3.8) is 0 Å². The van der Waals surface area contributed by atoms with Crippen LogP contribution in [0.1, 0.15) is 18.4 Å². The van der Waals surface area contributed by atoms with Gasteiger partial charge in [-0.25, -0.2) is 14.9 Å². The van der Waals surface area contributed by atoms with Crippen LogP contribution in [0.3, 0.4) is 0 Å². The van der Waals surface area contributed by atoms with Crippen molar-refractivity contribution < 1.29 is 14.3 Å². The van der Waals surface area contributed by atoms with Gasteiger partial charge in [-0.05, 0) is 12.1 Å². The lowest BCUT2D eigenvalue weighted by atomic mass is 10.1. The summed E-state index contributed by atoms with van der Waals surface area (Å²) in [5, 5.41) is 8.47. The summed E-state index contributed by atoms with van der Waals surface area (Å²) in [6, 6.07) is 19.5. The van der Waals surface area contributed by atoms with Crippen molar-refractivity contribution >= 4 is 17.6 Å². The molecule has 0 spiro atoms. The molecule has 1 N–H and O–H groups in total. The van der Waals surface area contributed by atoms with E-state index in [0.717, 1.165) is 22.5 Å². The van der Waals surface area contributed by atoms with Crippen LogP contribution < -0.4 is 5.43 Å². The van der Waals surface area contributed by atoms with E-state index in [9.17, 15) is 9.59 Å². The summed E-state index contributed by atoms with van der Waals surface area (Å²) >= 11 is 0. The predicted molar refractivity (Wildman–Crippen MR) is 104 cm³/mol. The molecule has 0 saturated heterocycles. The molecule has 0 radical (unpaired) electrons. The third-order valence-electron chi connectivity index (χ3n) is 4.36. The van der Waals surface area contributed by atoms with Gasteiger partial charge in [-0.15, -0.1) is 0 Å². The van der Waals surface area contributed by atoms with Crippen LogP contribution >= 0.6 is 0 Å². The quantitative estimate of drug-likeness (QED) is 0.696. The van der Waals surface area contributed by atoms with Crippen LogP contribution in [-0.4, -0.2) is 27.4 Å². The van der Waals surface area contributed by atoms with Crippen molar-refractivity contribution in [2.24, 2.45) is 5.10 Å². The van der Waals surface area contributed by atoms with Crippen LogP contribution in [-0.2, 0) is 20.9 Å². The summed E-state index contributed by atoms with van der Waals surface area (Å²) < 4.78 is 7.21. The van der Waals surface area contributed by atoms with E-state index < -0.39 is 5.97 Å². The molecular formula is C21H18N4O3. The van der Waals surface area contributed by atoms with E-state index in [1.54, 1.807) is 4.68 Å². The fourth-order valence-corrected chi connectivity index (χ4v) is 2.92. The van der Waals surface area contributed by atoms with Gasteiger partial charge in [0.1, 0.15) is 12.3 Å². The number of hydrogen-bond donors (Lipinski definition) is 1. The SMILES string of the molecule is O=C1CCC(C(=O)OCc2cn(-c3ccccc3)nc2-c2ccccc2)=NN1. The lowest BCUT2D eigenvalue weighted by Gasteiger charge is -2.11. The highest BCUT2D eigenvalue weighted by atomic mass is 16.5. The number of benzene rings is 2. The summed E-state index contributed by atoms with van der Waals surface area (Å²) in [5.41, 5.74) is 5.90. The first-order chi connectivity index (χ1) is 13.7. The third-order valence-corrected chi connectivity index (χ3v) is 4.36. The van der Waals surface area contributed by atoms with Gasteiger partial charge in [0, 0.05) is 30.2 Å². The summed E-state index contributed by atoms with van der Waals surface area (Å²) in [6.07, 6.45) is 2.37. The maximum absolute atomic E-state index is 12.3. The van der Waals surface area contributed by atoms with Crippen molar-refractivity contribution in [1.29, 1.82) is 0 Å². The standard InChI is InChI=1S/C21H18N4O3/c26-19-12-11-18(22-23-19)21(27)28-14-16-13-25(17-9-5-2-6-10-17)24-20(16)15-7-3-1-4-8-15/h1-10,13H,11-12,14H2,(H,23,26). The molecule has 0 bridgehead atoms. The van der Waals surface area contributed by atoms with Crippen molar-refractivity contribution in [3.05, 3.63) is 72.4 Å². The molecule has 0 fully saturated rings. The molecule has 0 aliphatic carbocycles. The minimum atomic E-state index is -0.536. The summed E-state index contributed by atoms with van der Waals surface area (Å²) in [6.45, 7) is 0.0584. The lowest BCUT2D eigenvalue weighted by Crippen LogP contribution is -2.30. The summed E-state index contributed by atoms with van der Waals surface area (Å²) in [7, 11) is 0.